The van der Waals surface area contributed by atoms with Crippen LogP contribution in [0.25, 0.3) is 0 Å². The molecule has 0 aliphatic rings. The van der Waals surface area contributed by atoms with Gasteiger partial charge in [-0.25, -0.2) is 4.79 Å². The van der Waals surface area contributed by atoms with Crippen molar-refractivity contribution >= 4 is 35.0 Å². The monoisotopic (exact) mass is 338 g/mol. The van der Waals surface area contributed by atoms with E-state index < -0.39 is 28.8 Å². The number of anilines is 1. The molecular weight excluding hydrogens is 328 g/mol. The lowest BCUT2D eigenvalue weighted by atomic mass is 10.3. The molecule has 0 spiro atoms. The number of carbonyl (C=O) groups excluding carboxylic acids is 2. The first-order valence-corrected chi connectivity index (χ1v) is 6.76. The van der Waals surface area contributed by atoms with Crippen LogP contribution in [0.4, 0.5) is 11.6 Å². The Labute approximate surface area is 135 Å². The van der Waals surface area contributed by atoms with Crippen LogP contribution in [0.5, 0.6) is 0 Å². The van der Waals surface area contributed by atoms with Crippen molar-refractivity contribution in [2.75, 3.05) is 5.32 Å². The number of benzene rings is 1. The molecule has 0 aliphatic heterocycles. The predicted octanol–water partition coefficient (Wildman–Crippen LogP) is 3.03. The van der Waals surface area contributed by atoms with Crippen molar-refractivity contribution in [2.45, 2.75) is 13.0 Å². The van der Waals surface area contributed by atoms with Gasteiger partial charge < -0.3 is 14.5 Å². The van der Waals surface area contributed by atoms with E-state index in [-0.39, 0.29) is 5.76 Å². The van der Waals surface area contributed by atoms with E-state index >= 15 is 0 Å². The first-order chi connectivity index (χ1) is 10.9. The first-order valence-electron chi connectivity index (χ1n) is 6.38. The van der Waals surface area contributed by atoms with Crippen molar-refractivity contribution in [1.29, 1.82) is 0 Å². The van der Waals surface area contributed by atoms with Gasteiger partial charge in [-0.15, -0.1) is 0 Å². The first kappa shape index (κ1) is 16.5. The second kappa shape index (κ2) is 6.93. The van der Waals surface area contributed by atoms with E-state index in [4.69, 9.17) is 20.8 Å². The maximum atomic E-state index is 11.9. The number of rotatable bonds is 5. The van der Waals surface area contributed by atoms with Gasteiger partial charge >= 0.3 is 11.9 Å². The van der Waals surface area contributed by atoms with Gasteiger partial charge in [0.1, 0.15) is 4.92 Å². The second-order valence-electron chi connectivity index (χ2n) is 4.44. The highest BCUT2D eigenvalue weighted by Crippen LogP contribution is 2.18. The number of esters is 1. The number of halogens is 1. The molecular formula is C14H11ClN2O6. The Kier molecular flexibility index (Phi) is 4.97. The molecule has 0 fully saturated rings. The third-order valence-corrected chi connectivity index (χ3v) is 2.95. The van der Waals surface area contributed by atoms with Crippen LogP contribution in [-0.2, 0) is 9.53 Å². The molecule has 0 unspecified atom stereocenters. The Morgan fingerprint density at radius 3 is 2.70 bits per heavy atom. The molecule has 2 aromatic rings. The number of nitrogens with one attached hydrogen (secondary N) is 1. The third kappa shape index (κ3) is 4.30. The summed E-state index contributed by atoms with van der Waals surface area (Å²) in [7, 11) is 0. The standard InChI is InChI=1S/C14H11ClN2O6/c1-8(13(18)16-10-4-2-3-9(15)7-10)22-14(19)11-5-6-12(23-11)17(20)21/h2-8H,1H3,(H,16,18)/t8-/m0/s1. The summed E-state index contributed by atoms with van der Waals surface area (Å²) in [5.41, 5.74) is 0.444. The highest BCUT2D eigenvalue weighted by atomic mass is 35.5. The molecule has 0 aliphatic carbocycles. The molecule has 0 saturated heterocycles. The quantitative estimate of drug-likeness (QED) is 0.509. The van der Waals surface area contributed by atoms with E-state index in [1.165, 1.54) is 13.0 Å². The molecule has 0 bridgehead atoms. The van der Waals surface area contributed by atoms with E-state index in [2.05, 4.69) is 5.32 Å². The van der Waals surface area contributed by atoms with E-state index in [0.717, 1.165) is 12.1 Å². The molecule has 0 saturated carbocycles. The number of nitro groups is 1. The summed E-state index contributed by atoms with van der Waals surface area (Å²) >= 11 is 5.80. The lowest BCUT2D eigenvalue weighted by molar-refractivity contribution is -0.402. The minimum absolute atomic E-state index is 0.362. The van der Waals surface area contributed by atoms with Crippen LogP contribution in [-0.4, -0.2) is 22.9 Å². The summed E-state index contributed by atoms with van der Waals surface area (Å²) in [4.78, 5) is 33.4. The number of ether oxygens (including phenoxy) is 1. The van der Waals surface area contributed by atoms with Crippen molar-refractivity contribution in [3.05, 3.63) is 57.3 Å². The van der Waals surface area contributed by atoms with Gasteiger partial charge in [-0.05, 0) is 31.2 Å². The Balaban J connectivity index is 1.97. The molecule has 1 amide bonds. The Morgan fingerprint density at radius 2 is 2.09 bits per heavy atom. The zero-order valence-corrected chi connectivity index (χ0v) is 12.6. The molecule has 8 nitrogen and oxygen atoms in total. The number of hydrogen-bond acceptors (Lipinski definition) is 6. The van der Waals surface area contributed by atoms with Crippen LogP contribution in [0.2, 0.25) is 5.02 Å². The molecule has 1 heterocycles. The van der Waals surface area contributed by atoms with Gasteiger partial charge in [0, 0.05) is 10.7 Å². The molecule has 1 atom stereocenters. The summed E-state index contributed by atoms with van der Waals surface area (Å²) in [5, 5.41) is 13.4. The number of amides is 1. The number of carbonyl (C=O) groups is 2. The number of hydrogen-bond donors (Lipinski definition) is 1. The van der Waals surface area contributed by atoms with E-state index in [1.807, 2.05) is 0 Å². The Morgan fingerprint density at radius 1 is 1.35 bits per heavy atom. The average Bonchev–Trinajstić information content (AvgIpc) is 2.97. The van der Waals surface area contributed by atoms with Gasteiger partial charge in [-0.3, -0.25) is 14.9 Å². The largest absolute Gasteiger partial charge is 0.447 e. The molecule has 1 aromatic carbocycles. The highest BCUT2D eigenvalue weighted by molar-refractivity contribution is 6.30. The molecule has 9 heteroatoms. The minimum atomic E-state index is -1.13. The van der Waals surface area contributed by atoms with Gasteiger partial charge in [-0.1, -0.05) is 17.7 Å². The smallest absolute Gasteiger partial charge is 0.433 e. The molecule has 23 heavy (non-hydrogen) atoms. The fourth-order valence-corrected chi connectivity index (χ4v) is 1.81. The topological polar surface area (TPSA) is 112 Å². The second-order valence-corrected chi connectivity index (χ2v) is 4.88. The van der Waals surface area contributed by atoms with E-state index in [1.54, 1.807) is 18.2 Å². The normalized spacial score (nSPS) is 11.6. The van der Waals surface area contributed by atoms with Gasteiger partial charge in [-0.2, -0.15) is 0 Å². The Bertz CT molecular complexity index is 757. The number of nitrogens with zero attached hydrogens (tertiary/aromatic N) is 1. The van der Waals surface area contributed by atoms with Crippen molar-refractivity contribution < 1.29 is 23.7 Å². The average molecular weight is 339 g/mol. The van der Waals surface area contributed by atoms with E-state index in [0.29, 0.717) is 10.7 Å². The van der Waals surface area contributed by atoms with Crippen LogP contribution in [0.15, 0.2) is 40.8 Å². The van der Waals surface area contributed by atoms with Crippen molar-refractivity contribution in [3.63, 3.8) is 0 Å². The zero-order valence-electron chi connectivity index (χ0n) is 11.8. The highest BCUT2D eigenvalue weighted by Gasteiger charge is 2.23. The van der Waals surface area contributed by atoms with Crippen LogP contribution < -0.4 is 5.32 Å². The summed E-state index contributed by atoms with van der Waals surface area (Å²) in [6, 6.07) is 8.56. The predicted molar refractivity (Wildman–Crippen MR) is 80.3 cm³/mol. The lowest BCUT2D eigenvalue weighted by Crippen LogP contribution is -2.29. The van der Waals surface area contributed by atoms with Gasteiger partial charge in [0.2, 0.25) is 5.76 Å². The van der Waals surface area contributed by atoms with Gasteiger partial charge in [0.25, 0.3) is 5.91 Å². The summed E-state index contributed by atoms with van der Waals surface area (Å²) in [6.07, 6.45) is -1.13. The summed E-state index contributed by atoms with van der Waals surface area (Å²) in [6.45, 7) is 1.36. The minimum Gasteiger partial charge on any atom is -0.447 e. The molecule has 1 aromatic heterocycles. The summed E-state index contributed by atoms with van der Waals surface area (Å²) < 4.78 is 9.59. The Hall–Kier alpha value is -2.87. The summed E-state index contributed by atoms with van der Waals surface area (Å²) in [5.74, 6) is -2.51. The van der Waals surface area contributed by atoms with Crippen LogP contribution in [0.3, 0.4) is 0 Å². The maximum absolute atomic E-state index is 11.9. The fraction of sp³-hybridized carbons (Fsp3) is 0.143. The molecule has 120 valence electrons. The van der Waals surface area contributed by atoms with Gasteiger partial charge in [0.15, 0.2) is 6.10 Å². The lowest BCUT2D eigenvalue weighted by Gasteiger charge is -2.12. The zero-order chi connectivity index (χ0) is 17.0. The van der Waals surface area contributed by atoms with Crippen molar-refractivity contribution in [3.8, 4) is 0 Å². The molecule has 0 radical (unpaired) electrons. The number of furan rings is 1. The van der Waals surface area contributed by atoms with Crippen molar-refractivity contribution in [1.82, 2.24) is 0 Å². The van der Waals surface area contributed by atoms with Crippen LogP contribution >= 0.6 is 11.6 Å². The SMILES string of the molecule is C[C@H](OC(=O)c1ccc([N+](=O)[O-])o1)C(=O)Nc1cccc(Cl)c1. The third-order valence-electron chi connectivity index (χ3n) is 2.72. The van der Waals surface area contributed by atoms with E-state index in [9.17, 15) is 19.7 Å². The molecule has 1 N–H and O–H groups in total. The van der Waals surface area contributed by atoms with Crippen LogP contribution in [0, 0.1) is 10.1 Å². The maximum Gasteiger partial charge on any atom is 0.433 e. The van der Waals surface area contributed by atoms with Gasteiger partial charge in [0.05, 0.1) is 6.07 Å². The van der Waals surface area contributed by atoms with Crippen LogP contribution in [0.1, 0.15) is 17.5 Å². The molecule has 2 rings (SSSR count). The fourth-order valence-electron chi connectivity index (χ4n) is 1.62. The van der Waals surface area contributed by atoms with Crippen molar-refractivity contribution in [2.24, 2.45) is 0 Å².